The fourth-order valence-corrected chi connectivity index (χ4v) is 3.05. The lowest BCUT2D eigenvalue weighted by Gasteiger charge is -2.31. The molecule has 2 aromatic rings. The minimum Gasteiger partial charge on any atom is -0.398 e. The van der Waals surface area contributed by atoms with Gasteiger partial charge in [-0.05, 0) is 29.7 Å². The van der Waals surface area contributed by atoms with Gasteiger partial charge in [0.25, 0.3) is 5.69 Å². The SMILES string of the molecule is Nc1cccc2c1CN(c1c(Cl)cccc1[N+](=O)[O-])CC2. The number of rotatable bonds is 2. The lowest BCUT2D eigenvalue weighted by molar-refractivity contribution is -0.384. The molecule has 0 saturated heterocycles. The molecular formula is C15H14ClN3O2. The van der Waals surface area contributed by atoms with Crippen LogP contribution in [0.3, 0.4) is 0 Å². The Balaban J connectivity index is 2.04. The zero-order valence-corrected chi connectivity index (χ0v) is 12.0. The summed E-state index contributed by atoms with van der Waals surface area (Å²) in [5.74, 6) is 0. The van der Waals surface area contributed by atoms with Gasteiger partial charge in [0, 0.05) is 24.8 Å². The van der Waals surface area contributed by atoms with Gasteiger partial charge in [-0.2, -0.15) is 0 Å². The number of nitrogen functional groups attached to an aromatic ring is 1. The van der Waals surface area contributed by atoms with Crippen molar-refractivity contribution >= 4 is 28.7 Å². The van der Waals surface area contributed by atoms with E-state index in [1.54, 1.807) is 12.1 Å². The standard InChI is InChI=1S/C15H14ClN3O2/c16-12-4-2-6-14(19(20)21)15(12)18-8-7-10-3-1-5-13(17)11(10)9-18/h1-6H,7-9,17H2. The third kappa shape index (κ3) is 2.40. The van der Waals surface area contributed by atoms with Crippen molar-refractivity contribution < 1.29 is 4.92 Å². The van der Waals surface area contributed by atoms with Crippen LogP contribution in [0.2, 0.25) is 5.02 Å². The van der Waals surface area contributed by atoms with Gasteiger partial charge in [-0.3, -0.25) is 10.1 Å². The Morgan fingerprint density at radius 1 is 1.24 bits per heavy atom. The predicted molar refractivity (Wildman–Crippen MR) is 83.7 cm³/mol. The normalized spacial score (nSPS) is 13.9. The summed E-state index contributed by atoms with van der Waals surface area (Å²) in [4.78, 5) is 12.8. The van der Waals surface area contributed by atoms with E-state index in [0.717, 1.165) is 12.0 Å². The number of nitro groups is 1. The number of nitrogens with zero attached hydrogens (tertiary/aromatic N) is 2. The van der Waals surface area contributed by atoms with Crippen molar-refractivity contribution in [2.75, 3.05) is 17.2 Å². The zero-order valence-electron chi connectivity index (χ0n) is 11.3. The molecule has 1 aliphatic rings. The third-order valence-corrected chi connectivity index (χ3v) is 4.09. The number of nitro benzene ring substituents is 1. The second-order valence-corrected chi connectivity index (χ2v) is 5.43. The van der Waals surface area contributed by atoms with E-state index in [0.29, 0.717) is 29.5 Å². The molecule has 0 fully saturated rings. The third-order valence-electron chi connectivity index (χ3n) is 3.79. The second kappa shape index (κ2) is 5.26. The number of para-hydroxylation sites is 1. The first-order chi connectivity index (χ1) is 10.1. The van der Waals surface area contributed by atoms with Crippen molar-refractivity contribution in [2.45, 2.75) is 13.0 Å². The predicted octanol–water partition coefficient (Wildman–Crippen LogP) is 3.39. The monoisotopic (exact) mass is 303 g/mol. The highest BCUT2D eigenvalue weighted by molar-refractivity contribution is 6.33. The smallest absolute Gasteiger partial charge is 0.294 e. The molecule has 21 heavy (non-hydrogen) atoms. The van der Waals surface area contributed by atoms with Crippen LogP contribution in [0.25, 0.3) is 0 Å². The van der Waals surface area contributed by atoms with Gasteiger partial charge < -0.3 is 10.6 Å². The van der Waals surface area contributed by atoms with Crippen molar-refractivity contribution in [3.8, 4) is 0 Å². The quantitative estimate of drug-likeness (QED) is 0.524. The minimum atomic E-state index is -0.398. The first-order valence-corrected chi connectivity index (χ1v) is 7.00. The molecule has 0 aliphatic carbocycles. The summed E-state index contributed by atoms with van der Waals surface area (Å²) in [7, 11) is 0. The highest BCUT2D eigenvalue weighted by Gasteiger charge is 2.26. The lowest BCUT2D eigenvalue weighted by atomic mass is 9.97. The molecule has 5 nitrogen and oxygen atoms in total. The number of hydrogen-bond acceptors (Lipinski definition) is 4. The van der Waals surface area contributed by atoms with Crippen LogP contribution in [0, 0.1) is 10.1 Å². The first-order valence-electron chi connectivity index (χ1n) is 6.62. The van der Waals surface area contributed by atoms with Crippen LogP contribution >= 0.6 is 11.6 Å². The van der Waals surface area contributed by atoms with Gasteiger partial charge in [-0.1, -0.05) is 29.8 Å². The Morgan fingerprint density at radius 3 is 2.76 bits per heavy atom. The van der Waals surface area contributed by atoms with Crippen LogP contribution in [0.5, 0.6) is 0 Å². The van der Waals surface area contributed by atoms with Gasteiger partial charge in [0.2, 0.25) is 0 Å². The van der Waals surface area contributed by atoms with Crippen LogP contribution in [0.4, 0.5) is 17.1 Å². The Labute approximate surface area is 127 Å². The number of anilines is 2. The molecule has 108 valence electrons. The highest BCUT2D eigenvalue weighted by Crippen LogP contribution is 2.38. The van der Waals surface area contributed by atoms with E-state index >= 15 is 0 Å². The molecule has 0 saturated carbocycles. The molecular weight excluding hydrogens is 290 g/mol. The average molecular weight is 304 g/mol. The molecule has 0 amide bonds. The summed E-state index contributed by atoms with van der Waals surface area (Å²) in [5, 5.41) is 11.6. The van der Waals surface area contributed by atoms with Gasteiger partial charge in [0.05, 0.1) is 9.95 Å². The molecule has 3 rings (SSSR count). The summed E-state index contributed by atoms with van der Waals surface area (Å²) in [6, 6.07) is 10.6. The van der Waals surface area contributed by atoms with E-state index in [2.05, 4.69) is 0 Å². The summed E-state index contributed by atoms with van der Waals surface area (Å²) in [5.41, 5.74) is 9.46. The van der Waals surface area contributed by atoms with Crippen LogP contribution in [0.1, 0.15) is 11.1 Å². The van der Waals surface area contributed by atoms with E-state index in [1.807, 2.05) is 23.1 Å². The van der Waals surface area contributed by atoms with E-state index in [-0.39, 0.29) is 5.69 Å². The average Bonchev–Trinajstić information content (AvgIpc) is 2.47. The summed E-state index contributed by atoms with van der Waals surface area (Å²) in [6.07, 6.45) is 0.794. The van der Waals surface area contributed by atoms with Crippen molar-refractivity contribution in [3.05, 3.63) is 62.7 Å². The molecule has 0 unspecified atom stereocenters. The molecule has 6 heteroatoms. The number of benzene rings is 2. The maximum Gasteiger partial charge on any atom is 0.294 e. The Morgan fingerprint density at radius 2 is 2.00 bits per heavy atom. The number of halogens is 1. The summed E-state index contributed by atoms with van der Waals surface area (Å²) < 4.78 is 0. The maximum absolute atomic E-state index is 11.2. The van der Waals surface area contributed by atoms with Gasteiger partial charge >= 0.3 is 0 Å². The van der Waals surface area contributed by atoms with Crippen LogP contribution in [-0.2, 0) is 13.0 Å². The summed E-state index contributed by atoms with van der Waals surface area (Å²) in [6.45, 7) is 1.22. The van der Waals surface area contributed by atoms with Crippen LogP contribution in [-0.4, -0.2) is 11.5 Å². The maximum atomic E-state index is 11.2. The Hall–Kier alpha value is -2.27. The van der Waals surface area contributed by atoms with Gasteiger partial charge in [0.15, 0.2) is 0 Å². The highest BCUT2D eigenvalue weighted by atomic mass is 35.5. The van der Waals surface area contributed by atoms with E-state index in [4.69, 9.17) is 17.3 Å². The minimum absolute atomic E-state index is 0.0282. The van der Waals surface area contributed by atoms with E-state index in [1.165, 1.54) is 11.6 Å². The number of fused-ring (bicyclic) bond motifs is 1. The van der Waals surface area contributed by atoms with Crippen LogP contribution in [0.15, 0.2) is 36.4 Å². The first kappa shape index (κ1) is 13.7. The fourth-order valence-electron chi connectivity index (χ4n) is 2.76. The van der Waals surface area contributed by atoms with Gasteiger partial charge in [-0.25, -0.2) is 0 Å². The molecule has 1 aliphatic heterocycles. The molecule has 2 N–H and O–H groups in total. The molecule has 2 aromatic carbocycles. The Kier molecular flexibility index (Phi) is 3.43. The van der Waals surface area contributed by atoms with Gasteiger partial charge in [0.1, 0.15) is 5.69 Å². The Bertz CT molecular complexity index is 718. The molecule has 0 bridgehead atoms. The molecule has 0 aromatic heterocycles. The van der Waals surface area contributed by atoms with E-state index in [9.17, 15) is 10.1 Å². The van der Waals surface area contributed by atoms with Crippen molar-refractivity contribution in [2.24, 2.45) is 0 Å². The second-order valence-electron chi connectivity index (χ2n) is 5.02. The van der Waals surface area contributed by atoms with Crippen molar-refractivity contribution in [1.29, 1.82) is 0 Å². The van der Waals surface area contributed by atoms with Crippen LogP contribution < -0.4 is 10.6 Å². The summed E-state index contributed by atoms with van der Waals surface area (Å²) >= 11 is 6.20. The number of hydrogen-bond donors (Lipinski definition) is 1. The van der Waals surface area contributed by atoms with E-state index < -0.39 is 4.92 Å². The zero-order chi connectivity index (χ0) is 15.0. The topological polar surface area (TPSA) is 72.4 Å². The molecule has 0 radical (unpaired) electrons. The number of nitrogens with two attached hydrogens (primary N) is 1. The molecule has 0 atom stereocenters. The molecule has 1 heterocycles. The van der Waals surface area contributed by atoms with Crippen molar-refractivity contribution in [3.63, 3.8) is 0 Å². The largest absolute Gasteiger partial charge is 0.398 e. The van der Waals surface area contributed by atoms with Crippen molar-refractivity contribution in [1.82, 2.24) is 0 Å². The fraction of sp³-hybridized carbons (Fsp3) is 0.200. The van der Waals surface area contributed by atoms with Gasteiger partial charge in [-0.15, -0.1) is 0 Å². The molecule has 0 spiro atoms. The lowest BCUT2D eigenvalue weighted by Crippen LogP contribution is -2.31.